The van der Waals surface area contributed by atoms with Crippen molar-refractivity contribution >= 4 is 6.21 Å². The zero-order valence-corrected chi connectivity index (χ0v) is 3.07. The van der Waals surface area contributed by atoms with Crippen molar-refractivity contribution in [3.8, 4) is 0 Å². The predicted octanol–water partition coefficient (Wildman–Crippen LogP) is -0.907. The minimum absolute atomic E-state index is 1.21. The lowest BCUT2D eigenvalue weighted by molar-refractivity contribution is -0.396. The van der Waals surface area contributed by atoms with Crippen LogP contribution in [0.5, 0.6) is 0 Å². The fraction of sp³-hybridized carbons (Fsp3) is 0.500. The van der Waals surface area contributed by atoms with E-state index in [9.17, 15) is 0 Å². The average Bonchev–Trinajstić information content (AvgIpc) is 1.76. The van der Waals surface area contributed by atoms with Crippen LogP contribution in [0.1, 0.15) is 12.8 Å². The fourth-order valence-corrected chi connectivity index (χ4v) is 0.417. The van der Waals surface area contributed by atoms with Crippen LogP contribution in [-0.4, -0.2) is 6.21 Å². The van der Waals surface area contributed by atoms with E-state index in [1.807, 2.05) is 0 Å². The predicted molar refractivity (Wildman–Crippen MR) is 20.6 cm³/mol. The molecule has 0 aliphatic carbocycles. The van der Waals surface area contributed by atoms with Gasteiger partial charge in [-0.05, 0) is 0 Å². The number of hydrogen-bond acceptors (Lipinski definition) is 0. The summed E-state index contributed by atoms with van der Waals surface area (Å²) in [5, 5.41) is 0. The van der Waals surface area contributed by atoms with Gasteiger partial charge in [-0.1, -0.05) is 12.8 Å². The van der Waals surface area contributed by atoms with Crippen LogP contribution in [0.2, 0.25) is 0 Å². The SMILES string of the molecule is C1=[NH+][CH-]CC1. The normalized spacial score (nSPS) is 19.2. The molecule has 1 aliphatic heterocycles. The van der Waals surface area contributed by atoms with Crippen molar-refractivity contribution in [1.29, 1.82) is 0 Å². The highest BCUT2D eigenvalue weighted by atomic mass is 14.7. The van der Waals surface area contributed by atoms with Gasteiger partial charge in [0.1, 0.15) is 0 Å². The average molecular weight is 69.1 g/mol. The molecule has 0 unspecified atom stereocenters. The molecular weight excluding hydrogens is 62.1 g/mol. The lowest BCUT2D eigenvalue weighted by Gasteiger charge is -1.71. The first kappa shape index (κ1) is 2.76. The Morgan fingerprint density at radius 1 is 1.80 bits per heavy atom. The Kier molecular flexibility index (Phi) is 0.612. The largest absolute Gasteiger partial charge is 0.382 e. The van der Waals surface area contributed by atoms with E-state index in [4.69, 9.17) is 0 Å². The highest BCUT2D eigenvalue weighted by Crippen LogP contribution is 1.82. The molecule has 0 radical (unpaired) electrons. The summed E-state index contributed by atoms with van der Waals surface area (Å²) >= 11 is 0. The summed E-state index contributed by atoms with van der Waals surface area (Å²) in [6, 6.07) is 0. The minimum atomic E-state index is 1.21. The molecule has 0 aromatic carbocycles. The van der Waals surface area contributed by atoms with E-state index in [2.05, 4.69) is 17.8 Å². The van der Waals surface area contributed by atoms with E-state index in [1.165, 1.54) is 12.8 Å². The van der Waals surface area contributed by atoms with Crippen molar-refractivity contribution in [2.24, 2.45) is 0 Å². The zero-order chi connectivity index (χ0) is 3.54. The summed E-state index contributed by atoms with van der Waals surface area (Å²) < 4.78 is 0. The van der Waals surface area contributed by atoms with Crippen LogP contribution < -0.4 is 4.99 Å². The van der Waals surface area contributed by atoms with Crippen LogP contribution in [0.3, 0.4) is 0 Å². The van der Waals surface area contributed by atoms with Crippen molar-refractivity contribution in [3.05, 3.63) is 6.54 Å². The van der Waals surface area contributed by atoms with Crippen LogP contribution >= 0.6 is 0 Å². The van der Waals surface area contributed by atoms with Gasteiger partial charge in [0.05, 0.1) is 0 Å². The van der Waals surface area contributed by atoms with Gasteiger partial charge >= 0.3 is 0 Å². The molecule has 0 atom stereocenters. The maximum Gasteiger partial charge on any atom is 0.000711 e. The third-order valence-corrected chi connectivity index (χ3v) is 0.691. The molecule has 0 amide bonds. The Morgan fingerprint density at radius 2 is 2.80 bits per heavy atom. The lowest BCUT2D eigenvalue weighted by Crippen LogP contribution is -2.61. The first-order chi connectivity index (χ1) is 2.50. The van der Waals surface area contributed by atoms with Crippen molar-refractivity contribution in [3.63, 3.8) is 0 Å². The molecule has 0 bridgehead atoms. The molecule has 0 aromatic rings. The smallest absolute Gasteiger partial charge is 0.000711 e. The molecule has 1 aliphatic rings. The van der Waals surface area contributed by atoms with Gasteiger partial charge in [0.2, 0.25) is 0 Å². The molecule has 0 saturated heterocycles. The molecule has 0 aromatic heterocycles. The first-order valence-electron chi connectivity index (χ1n) is 1.89. The summed E-state index contributed by atoms with van der Waals surface area (Å²) in [4.78, 5) is 2.97. The molecule has 1 heterocycles. The molecule has 28 valence electrons. The Morgan fingerprint density at radius 3 is 3.00 bits per heavy atom. The number of nitrogens with one attached hydrogen (secondary N) is 1. The Labute approximate surface area is 31.7 Å². The van der Waals surface area contributed by atoms with Gasteiger partial charge in [-0.25, -0.2) is 0 Å². The number of rotatable bonds is 0. The van der Waals surface area contributed by atoms with Crippen molar-refractivity contribution < 1.29 is 4.99 Å². The molecule has 1 N–H and O–H groups in total. The van der Waals surface area contributed by atoms with Gasteiger partial charge in [-0.3, -0.25) is 0 Å². The van der Waals surface area contributed by atoms with Crippen molar-refractivity contribution in [1.82, 2.24) is 0 Å². The number of hydrogen-bond donors (Lipinski definition) is 1. The minimum Gasteiger partial charge on any atom is -0.382 e. The quantitative estimate of drug-likeness (QED) is 0.354. The Balaban J connectivity index is 2.32. The van der Waals surface area contributed by atoms with Gasteiger partial charge < -0.3 is 4.99 Å². The molecular formula is C4H7N. The highest BCUT2D eigenvalue weighted by Gasteiger charge is 1.82. The standard InChI is InChI=1S/C4H7N/c1-2-4-5-3-1/h3-5H,1-2H2. The van der Waals surface area contributed by atoms with Crippen molar-refractivity contribution in [2.45, 2.75) is 12.8 Å². The van der Waals surface area contributed by atoms with Crippen LogP contribution in [0, 0.1) is 6.54 Å². The molecule has 0 saturated carbocycles. The van der Waals surface area contributed by atoms with E-state index >= 15 is 0 Å². The summed E-state index contributed by atoms with van der Waals surface area (Å²) in [7, 11) is 0. The maximum atomic E-state index is 2.97. The summed E-state index contributed by atoms with van der Waals surface area (Å²) in [5.41, 5.74) is 0. The van der Waals surface area contributed by atoms with Gasteiger partial charge in [0.25, 0.3) is 0 Å². The maximum absolute atomic E-state index is 2.97. The highest BCUT2D eigenvalue weighted by molar-refractivity contribution is 5.51. The molecule has 1 nitrogen and oxygen atoms in total. The van der Waals surface area contributed by atoms with Gasteiger partial charge in [-0.15, -0.1) is 0 Å². The molecule has 0 spiro atoms. The van der Waals surface area contributed by atoms with Crippen molar-refractivity contribution in [2.75, 3.05) is 0 Å². The topological polar surface area (TPSA) is 14.0 Å². The van der Waals surface area contributed by atoms with E-state index in [0.717, 1.165) is 0 Å². The van der Waals surface area contributed by atoms with Crippen LogP contribution in [0.25, 0.3) is 0 Å². The monoisotopic (exact) mass is 69.1 g/mol. The third-order valence-electron chi connectivity index (χ3n) is 0.691. The van der Waals surface area contributed by atoms with Crippen LogP contribution in [0.4, 0.5) is 0 Å². The van der Waals surface area contributed by atoms with E-state index in [1.54, 1.807) is 0 Å². The van der Waals surface area contributed by atoms with E-state index < -0.39 is 0 Å². The van der Waals surface area contributed by atoms with E-state index in [0.29, 0.717) is 0 Å². The van der Waals surface area contributed by atoms with Crippen LogP contribution in [0.15, 0.2) is 0 Å². The molecule has 5 heavy (non-hydrogen) atoms. The second-order valence-electron chi connectivity index (χ2n) is 1.15. The zero-order valence-electron chi connectivity index (χ0n) is 3.07. The Hall–Kier alpha value is -0.460. The second kappa shape index (κ2) is 1.11. The van der Waals surface area contributed by atoms with Gasteiger partial charge in [0.15, 0.2) is 0 Å². The van der Waals surface area contributed by atoms with Crippen LogP contribution in [-0.2, 0) is 0 Å². The third kappa shape index (κ3) is 0.407. The first-order valence-corrected chi connectivity index (χ1v) is 1.89. The summed E-state index contributed by atoms with van der Waals surface area (Å²) in [5.74, 6) is 0. The van der Waals surface area contributed by atoms with Gasteiger partial charge in [0, 0.05) is 12.8 Å². The molecule has 0 fully saturated rings. The molecule has 1 rings (SSSR count). The second-order valence-corrected chi connectivity index (χ2v) is 1.15. The fourth-order valence-electron chi connectivity index (χ4n) is 0.417. The summed E-state index contributed by atoms with van der Waals surface area (Å²) in [6.45, 7) is 2.06. The molecule has 1 heteroatoms. The lowest BCUT2D eigenvalue weighted by atomic mass is 10.4. The van der Waals surface area contributed by atoms with E-state index in [-0.39, 0.29) is 0 Å². The Bertz CT molecular complexity index is 41.6. The summed E-state index contributed by atoms with van der Waals surface area (Å²) in [6.07, 6.45) is 4.47. The van der Waals surface area contributed by atoms with Gasteiger partial charge in [-0.2, -0.15) is 0 Å².